The Morgan fingerprint density at radius 2 is 2.16 bits per heavy atom. The maximum atomic E-state index is 4.48. The molecule has 1 atom stereocenters. The van der Waals surface area contributed by atoms with Gasteiger partial charge in [-0.2, -0.15) is 5.10 Å². The van der Waals surface area contributed by atoms with E-state index in [4.69, 9.17) is 0 Å². The van der Waals surface area contributed by atoms with E-state index in [2.05, 4.69) is 42.2 Å². The van der Waals surface area contributed by atoms with Gasteiger partial charge in [-0.05, 0) is 25.8 Å². The summed E-state index contributed by atoms with van der Waals surface area (Å²) in [5.74, 6) is 0. The molecular formula is C14H22N4S. The van der Waals surface area contributed by atoms with Gasteiger partial charge in [-0.3, -0.25) is 4.68 Å². The van der Waals surface area contributed by atoms with Crippen molar-refractivity contribution in [1.29, 1.82) is 0 Å². The molecule has 104 valence electrons. The van der Waals surface area contributed by atoms with Crippen LogP contribution in [0.5, 0.6) is 0 Å². The fraction of sp³-hybridized carbons (Fsp3) is 0.571. The number of nitrogens with one attached hydrogen (secondary N) is 1. The summed E-state index contributed by atoms with van der Waals surface area (Å²) >= 11 is 1.79. The first-order valence-corrected chi connectivity index (χ1v) is 7.65. The van der Waals surface area contributed by atoms with E-state index in [9.17, 15) is 0 Å². The molecule has 0 bridgehead atoms. The molecule has 0 radical (unpaired) electrons. The first-order valence-electron chi connectivity index (χ1n) is 6.83. The molecule has 0 saturated heterocycles. The number of aromatic nitrogens is 3. The molecule has 19 heavy (non-hydrogen) atoms. The van der Waals surface area contributed by atoms with Crippen molar-refractivity contribution in [1.82, 2.24) is 20.1 Å². The zero-order chi connectivity index (χ0) is 13.8. The molecule has 1 unspecified atom stereocenters. The molecule has 5 heteroatoms. The molecule has 0 aliphatic rings. The Labute approximate surface area is 118 Å². The average molecular weight is 278 g/mol. The van der Waals surface area contributed by atoms with Gasteiger partial charge in [-0.1, -0.05) is 13.8 Å². The highest BCUT2D eigenvalue weighted by atomic mass is 32.1. The van der Waals surface area contributed by atoms with Gasteiger partial charge in [0.25, 0.3) is 0 Å². The van der Waals surface area contributed by atoms with E-state index in [1.54, 1.807) is 11.3 Å². The van der Waals surface area contributed by atoms with Crippen molar-refractivity contribution in [2.75, 3.05) is 0 Å². The molecule has 2 heterocycles. The van der Waals surface area contributed by atoms with E-state index >= 15 is 0 Å². The molecular weight excluding hydrogens is 256 g/mol. The summed E-state index contributed by atoms with van der Waals surface area (Å²) in [7, 11) is 2.00. The lowest BCUT2D eigenvalue weighted by atomic mass is 10.3. The highest BCUT2D eigenvalue weighted by molar-refractivity contribution is 7.11. The van der Waals surface area contributed by atoms with Gasteiger partial charge in [0.05, 0.1) is 17.4 Å². The number of nitrogens with zero attached hydrogens (tertiary/aromatic N) is 3. The molecule has 2 rings (SSSR count). The lowest BCUT2D eigenvalue weighted by molar-refractivity contribution is 0.545. The van der Waals surface area contributed by atoms with Crippen LogP contribution in [0.4, 0.5) is 0 Å². The Hall–Kier alpha value is -1.20. The molecule has 2 aromatic heterocycles. The SMILES string of the molecule is CCc1cc(CNC(C)c2ncc(CC)s2)n(C)n1. The highest BCUT2D eigenvalue weighted by Gasteiger charge is 2.11. The minimum absolute atomic E-state index is 0.283. The first kappa shape index (κ1) is 14.2. The minimum Gasteiger partial charge on any atom is -0.302 e. The van der Waals surface area contributed by atoms with E-state index in [0.29, 0.717) is 0 Å². The maximum absolute atomic E-state index is 4.48. The number of hydrogen-bond acceptors (Lipinski definition) is 4. The Morgan fingerprint density at radius 3 is 2.74 bits per heavy atom. The Kier molecular flexibility index (Phi) is 4.71. The third kappa shape index (κ3) is 3.42. The number of rotatable bonds is 6. The predicted molar refractivity (Wildman–Crippen MR) is 79.3 cm³/mol. The van der Waals surface area contributed by atoms with Crippen LogP contribution in [-0.2, 0) is 26.4 Å². The lowest BCUT2D eigenvalue weighted by Gasteiger charge is -2.10. The minimum atomic E-state index is 0.283. The molecule has 0 aliphatic heterocycles. The van der Waals surface area contributed by atoms with Crippen LogP contribution < -0.4 is 5.32 Å². The van der Waals surface area contributed by atoms with Gasteiger partial charge in [0.1, 0.15) is 5.01 Å². The van der Waals surface area contributed by atoms with Crippen LogP contribution in [0, 0.1) is 0 Å². The fourth-order valence-corrected chi connectivity index (χ4v) is 2.82. The van der Waals surface area contributed by atoms with Crippen LogP contribution in [0.25, 0.3) is 0 Å². The standard InChI is InChI=1S/C14H22N4S/c1-5-11-7-12(18(4)17-11)8-15-10(3)14-16-9-13(6-2)19-14/h7,9-10,15H,5-6,8H2,1-4H3. The van der Waals surface area contributed by atoms with E-state index in [-0.39, 0.29) is 6.04 Å². The summed E-state index contributed by atoms with van der Waals surface area (Å²) in [6.07, 6.45) is 4.03. The quantitative estimate of drug-likeness (QED) is 0.883. The van der Waals surface area contributed by atoms with Crippen molar-refractivity contribution in [3.05, 3.63) is 33.5 Å². The second kappa shape index (κ2) is 6.30. The van der Waals surface area contributed by atoms with Crippen LogP contribution in [0.2, 0.25) is 0 Å². The Bertz CT molecular complexity index is 529. The van der Waals surface area contributed by atoms with Gasteiger partial charge in [0.15, 0.2) is 0 Å². The van der Waals surface area contributed by atoms with Gasteiger partial charge < -0.3 is 5.32 Å². The molecule has 0 fully saturated rings. The summed E-state index contributed by atoms with van der Waals surface area (Å²) in [4.78, 5) is 5.82. The van der Waals surface area contributed by atoms with E-state index in [0.717, 1.165) is 30.1 Å². The Balaban J connectivity index is 1.95. The van der Waals surface area contributed by atoms with Crippen molar-refractivity contribution in [2.45, 2.75) is 46.2 Å². The third-order valence-corrected chi connectivity index (χ3v) is 4.59. The van der Waals surface area contributed by atoms with Gasteiger partial charge in [0.2, 0.25) is 0 Å². The largest absolute Gasteiger partial charge is 0.302 e. The van der Waals surface area contributed by atoms with Crippen molar-refractivity contribution in [3.8, 4) is 0 Å². The number of aryl methyl sites for hydroxylation is 3. The van der Waals surface area contributed by atoms with Gasteiger partial charge in [-0.25, -0.2) is 4.98 Å². The monoisotopic (exact) mass is 278 g/mol. The van der Waals surface area contributed by atoms with E-state index < -0.39 is 0 Å². The lowest BCUT2D eigenvalue weighted by Crippen LogP contribution is -2.19. The van der Waals surface area contributed by atoms with E-state index in [1.165, 1.54) is 10.6 Å². The molecule has 0 aromatic carbocycles. The van der Waals surface area contributed by atoms with E-state index in [1.807, 2.05) is 17.9 Å². The van der Waals surface area contributed by atoms with Crippen molar-refractivity contribution >= 4 is 11.3 Å². The molecule has 0 aliphatic carbocycles. The smallest absolute Gasteiger partial charge is 0.109 e. The molecule has 0 spiro atoms. The van der Waals surface area contributed by atoms with Crippen LogP contribution in [-0.4, -0.2) is 14.8 Å². The molecule has 4 nitrogen and oxygen atoms in total. The summed E-state index contributed by atoms with van der Waals surface area (Å²) in [5.41, 5.74) is 2.37. The number of thiazole rings is 1. The zero-order valence-corrected chi connectivity index (χ0v) is 12.9. The zero-order valence-electron chi connectivity index (χ0n) is 12.1. The molecule has 0 amide bonds. The average Bonchev–Trinajstić information content (AvgIpc) is 3.02. The first-order chi connectivity index (χ1) is 9.13. The second-order valence-corrected chi connectivity index (χ2v) is 5.87. The van der Waals surface area contributed by atoms with Gasteiger partial charge in [0, 0.05) is 24.7 Å². The van der Waals surface area contributed by atoms with Crippen molar-refractivity contribution in [2.24, 2.45) is 7.05 Å². The molecule has 1 N–H and O–H groups in total. The molecule has 0 saturated carbocycles. The van der Waals surface area contributed by atoms with Crippen LogP contribution in [0.3, 0.4) is 0 Å². The van der Waals surface area contributed by atoms with Crippen molar-refractivity contribution in [3.63, 3.8) is 0 Å². The maximum Gasteiger partial charge on any atom is 0.109 e. The highest BCUT2D eigenvalue weighted by Crippen LogP contribution is 2.20. The number of hydrogen-bond donors (Lipinski definition) is 1. The third-order valence-electron chi connectivity index (χ3n) is 3.27. The molecule has 2 aromatic rings. The Morgan fingerprint density at radius 1 is 1.37 bits per heavy atom. The second-order valence-electron chi connectivity index (χ2n) is 4.73. The summed E-state index contributed by atoms with van der Waals surface area (Å²) in [6.45, 7) is 7.28. The van der Waals surface area contributed by atoms with Crippen LogP contribution in [0.1, 0.15) is 48.1 Å². The fourth-order valence-electron chi connectivity index (χ4n) is 1.94. The van der Waals surface area contributed by atoms with Crippen LogP contribution in [0.15, 0.2) is 12.3 Å². The summed E-state index contributed by atoms with van der Waals surface area (Å²) in [6, 6.07) is 2.45. The normalized spacial score (nSPS) is 12.8. The van der Waals surface area contributed by atoms with Gasteiger partial charge >= 0.3 is 0 Å². The van der Waals surface area contributed by atoms with Crippen LogP contribution >= 0.6 is 11.3 Å². The summed E-state index contributed by atoms with van der Waals surface area (Å²) in [5, 5.41) is 9.14. The van der Waals surface area contributed by atoms with Crippen molar-refractivity contribution < 1.29 is 0 Å². The topological polar surface area (TPSA) is 42.7 Å². The summed E-state index contributed by atoms with van der Waals surface area (Å²) < 4.78 is 1.96. The predicted octanol–water partition coefficient (Wildman–Crippen LogP) is 2.85. The van der Waals surface area contributed by atoms with Gasteiger partial charge in [-0.15, -0.1) is 11.3 Å².